The molecule has 0 saturated heterocycles. The van der Waals surface area contributed by atoms with Gasteiger partial charge in [-0.1, -0.05) is 108 Å². The van der Waals surface area contributed by atoms with Crippen molar-refractivity contribution in [3.63, 3.8) is 0 Å². The minimum Gasteiger partial charge on any atom is -0.0776 e. The second-order valence-corrected chi connectivity index (χ2v) is 4.33. The van der Waals surface area contributed by atoms with Gasteiger partial charge in [0.25, 0.3) is 0 Å². The zero-order chi connectivity index (χ0) is 12.5. The molecule has 0 nitrogen and oxygen atoms in total. The van der Waals surface area contributed by atoms with Gasteiger partial charge in [-0.05, 0) is 5.92 Å². The van der Waals surface area contributed by atoms with Crippen molar-refractivity contribution in [1.82, 2.24) is 0 Å². The molecule has 0 heterocycles. The van der Waals surface area contributed by atoms with Crippen LogP contribution in [0.25, 0.3) is 0 Å². The van der Waals surface area contributed by atoms with Crippen LogP contribution in [0.5, 0.6) is 0 Å². The van der Waals surface area contributed by atoms with E-state index in [-0.39, 0.29) is 14.9 Å². The molecule has 0 amide bonds. The fourth-order valence-electron chi connectivity index (χ4n) is 0.901. The lowest BCUT2D eigenvalue weighted by Crippen LogP contribution is -2.08. The summed E-state index contributed by atoms with van der Waals surface area (Å²) in [6.07, 6.45) is 9.69. The van der Waals surface area contributed by atoms with Crippen molar-refractivity contribution in [2.24, 2.45) is 5.92 Å². The quantitative estimate of drug-likeness (QED) is 0.445. The van der Waals surface area contributed by atoms with Gasteiger partial charge < -0.3 is 0 Å². The van der Waals surface area contributed by atoms with Crippen LogP contribution in [0.1, 0.15) is 108 Å². The van der Waals surface area contributed by atoms with Crippen molar-refractivity contribution in [1.29, 1.82) is 0 Å². The molecule has 0 aromatic heterocycles. The van der Waals surface area contributed by atoms with Crippen molar-refractivity contribution in [3.8, 4) is 0 Å². The lowest BCUT2D eigenvalue weighted by molar-refractivity contribution is 0.307. The molecule has 0 aromatic carbocycles. The summed E-state index contributed by atoms with van der Waals surface area (Å²) < 4.78 is 0. The van der Waals surface area contributed by atoms with Crippen LogP contribution in [-0.4, -0.2) is 0 Å². The van der Waals surface area contributed by atoms with Crippen molar-refractivity contribution in [2.75, 3.05) is 0 Å². The Balaban J connectivity index is -0.0000000390. The predicted octanol–water partition coefficient (Wildman–Crippen LogP) is 7.72. The third-order valence-corrected chi connectivity index (χ3v) is 1.80. The van der Waals surface area contributed by atoms with E-state index in [0.717, 1.165) is 5.92 Å². The first kappa shape index (κ1) is 30.2. The summed E-state index contributed by atoms with van der Waals surface area (Å²) in [6, 6.07) is 0. The second kappa shape index (κ2) is 36.0. The Morgan fingerprint density at radius 3 is 0.882 bits per heavy atom. The van der Waals surface area contributed by atoms with Gasteiger partial charge in [0.2, 0.25) is 0 Å². The highest BCUT2D eigenvalue weighted by Crippen LogP contribution is 2.28. The van der Waals surface area contributed by atoms with Crippen LogP contribution in [0.4, 0.5) is 0 Å². The second-order valence-electron chi connectivity index (χ2n) is 4.33. The van der Waals surface area contributed by atoms with Gasteiger partial charge in [0.05, 0.1) is 0 Å². The van der Waals surface area contributed by atoms with E-state index in [2.05, 4.69) is 48.5 Å². The Kier molecular flexibility index (Phi) is 64.0. The van der Waals surface area contributed by atoms with Gasteiger partial charge >= 0.3 is 0 Å². The average molecular weight is 249 g/mol. The largest absolute Gasteiger partial charge is 0.0776 e. The number of hydrogen-bond donors (Lipinski definition) is 0. The van der Waals surface area contributed by atoms with Gasteiger partial charge in [0, 0.05) is 0 Å². The first-order valence-corrected chi connectivity index (χ1v) is 7.17. The fraction of sp³-hybridized carbons (Fsp3) is 1.00. The van der Waals surface area contributed by atoms with Gasteiger partial charge in [-0.3, -0.25) is 0 Å². The molecule has 1 rings (SSSR count). The highest BCUT2D eigenvalue weighted by Gasteiger charge is 2.13. The molecule has 1 fully saturated rings. The molecule has 112 valence electrons. The Hall–Kier alpha value is 0. The van der Waals surface area contributed by atoms with E-state index < -0.39 is 0 Å². The summed E-state index contributed by atoms with van der Waals surface area (Å²) in [5, 5.41) is 0. The maximum Gasteiger partial charge on any atom is -0.0417 e. The molecular formula is C17H44. The highest BCUT2D eigenvalue weighted by molar-refractivity contribution is 4.66. The van der Waals surface area contributed by atoms with Crippen molar-refractivity contribution < 1.29 is 0 Å². The maximum atomic E-state index is 2.28. The van der Waals surface area contributed by atoms with E-state index in [1.807, 2.05) is 0 Å². The summed E-state index contributed by atoms with van der Waals surface area (Å²) in [6.45, 7) is 15.0. The van der Waals surface area contributed by atoms with Gasteiger partial charge in [-0.2, -0.15) is 0 Å². The van der Waals surface area contributed by atoms with E-state index in [0.29, 0.717) is 0 Å². The molecule has 1 aliphatic carbocycles. The molecule has 0 aromatic rings. The summed E-state index contributed by atoms with van der Waals surface area (Å²) >= 11 is 0. The van der Waals surface area contributed by atoms with Gasteiger partial charge in [-0.25, -0.2) is 0 Å². The summed E-state index contributed by atoms with van der Waals surface area (Å²) in [5.74, 6) is 1.12. The smallest absolute Gasteiger partial charge is 0.0417 e. The van der Waals surface area contributed by atoms with Crippen LogP contribution in [0.15, 0.2) is 0 Å². The van der Waals surface area contributed by atoms with Gasteiger partial charge in [0.1, 0.15) is 0 Å². The molecule has 0 heteroatoms. The Morgan fingerprint density at radius 1 is 0.647 bits per heavy atom. The standard InChI is InChI=1S/C6H12.3C3H8.2CH4/c1-2-6-4-3-5-6;3*1-3-2;;/h6H,2-5H2,1H3;3*3H2,1-2H3;2*1H4. The van der Waals surface area contributed by atoms with Crippen LogP contribution in [0, 0.1) is 5.92 Å². The molecule has 0 N–H and O–H groups in total. The van der Waals surface area contributed by atoms with Gasteiger partial charge in [0.15, 0.2) is 0 Å². The Bertz CT molecular complexity index is 54.9. The monoisotopic (exact) mass is 248 g/mol. The lowest BCUT2D eigenvalue weighted by Gasteiger charge is -2.22. The van der Waals surface area contributed by atoms with E-state index >= 15 is 0 Å². The van der Waals surface area contributed by atoms with E-state index in [1.54, 1.807) is 0 Å². The molecule has 0 unspecified atom stereocenters. The highest BCUT2D eigenvalue weighted by atomic mass is 14.2. The zero-order valence-corrected chi connectivity index (χ0v) is 12.5. The van der Waals surface area contributed by atoms with Crippen LogP contribution in [0.3, 0.4) is 0 Å². The van der Waals surface area contributed by atoms with Crippen molar-refractivity contribution >= 4 is 0 Å². The third kappa shape index (κ3) is 49.0. The zero-order valence-electron chi connectivity index (χ0n) is 12.5. The summed E-state index contributed by atoms with van der Waals surface area (Å²) in [4.78, 5) is 0. The minimum atomic E-state index is 0. The van der Waals surface area contributed by atoms with Crippen LogP contribution in [0.2, 0.25) is 0 Å². The first-order chi connectivity index (χ1) is 7.17. The molecule has 0 spiro atoms. The topological polar surface area (TPSA) is 0 Å². The molecule has 0 aliphatic heterocycles. The molecular weight excluding hydrogens is 204 g/mol. The van der Waals surface area contributed by atoms with E-state index in [1.165, 1.54) is 44.9 Å². The van der Waals surface area contributed by atoms with Crippen LogP contribution in [-0.2, 0) is 0 Å². The normalized spacial score (nSPS) is 11.5. The predicted molar refractivity (Wildman–Crippen MR) is 89.0 cm³/mol. The fourth-order valence-corrected chi connectivity index (χ4v) is 0.901. The SMILES string of the molecule is C.C.CCC.CCC.CCC.CCC1CCC1. The number of rotatable bonds is 1. The van der Waals surface area contributed by atoms with Crippen LogP contribution >= 0.6 is 0 Å². The van der Waals surface area contributed by atoms with Crippen molar-refractivity contribution in [3.05, 3.63) is 0 Å². The Morgan fingerprint density at radius 2 is 0.882 bits per heavy atom. The summed E-state index contributed by atoms with van der Waals surface area (Å²) in [5.41, 5.74) is 0. The molecule has 17 heavy (non-hydrogen) atoms. The van der Waals surface area contributed by atoms with Crippen LogP contribution < -0.4 is 0 Å². The first-order valence-electron chi connectivity index (χ1n) is 7.17. The average Bonchev–Trinajstić information content (AvgIpc) is 2.06. The van der Waals surface area contributed by atoms with E-state index in [4.69, 9.17) is 0 Å². The van der Waals surface area contributed by atoms with Gasteiger partial charge in [-0.15, -0.1) is 0 Å². The molecule has 1 saturated carbocycles. The maximum absolute atomic E-state index is 2.28. The molecule has 0 bridgehead atoms. The minimum absolute atomic E-state index is 0. The Labute approximate surface area is 115 Å². The number of hydrogen-bond acceptors (Lipinski definition) is 0. The molecule has 0 atom stereocenters. The lowest BCUT2D eigenvalue weighted by atomic mass is 9.84. The van der Waals surface area contributed by atoms with Crippen molar-refractivity contribution in [2.45, 2.75) is 108 Å². The molecule has 1 aliphatic rings. The third-order valence-electron chi connectivity index (χ3n) is 1.80. The summed E-state index contributed by atoms with van der Waals surface area (Å²) in [7, 11) is 0. The van der Waals surface area contributed by atoms with E-state index in [9.17, 15) is 0 Å². The molecule has 0 radical (unpaired) electrons.